The molecule has 1 fully saturated rings. The van der Waals surface area contributed by atoms with Gasteiger partial charge in [-0.05, 0) is 44.2 Å². The first-order valence-electron chi connectivity index (χ1n) is 8.89. The van der Waals surface area contributed by atoms with Crippen LogP contribution < -0.4 is 0 Å². The molecule has 0 amide bonds. The van der Waals surface area contributed by atoms with Gasteiger partial charge in [-0.15, -0.1) is 0 Å². The molecule has 0 aliphatic carbocycles. The highest BCUT2D eigenvalue weighted by Gasteiger charge is 2.34. The number of nitrogens with zero attached hydrogens (tertiary/aromatic N) is 4. The molecule has 7 nitrogen and oxygen atoms in total. The van der Waals surface area contributed by atoms with Crippen LogP contribution in [0.25, 0.3) is 0 Å². The largest absolute Gasteiger partial charge is 0.381 e. The van der Waals surface area contributed by atoms with Crippen LogP contribution in [0.5, 0.6) is 0 Å². The Morgan fingerprint density at radius 1 is 1.38 bits per heavy atom. The number of aromatic nitrogens is 3. The maximum absolute atomic E-state index is 13.4. The van der Waals surface area contributed by atoms with Gasteiger partial charge in [-0.25, -0.2) is 13.4 Å². The number of ether oxygens (including phenoxy) is 1. The van der Waals surface area contributed by atoms with E-state index in [4.69, 9.17) is 4.74 Å². The molecule has 1 unspecified atom stereocenters. The van der Waals surface area contributed by atoms with Gasteiger partial charge in [0, 0.05) is 51.4 Å². The lowest BCUT2D eigenvalue weighted by Gasteiger charge is -2.32. The summed E-state index contributed by atoms with van der Waals surface area (Å²) in [6.07, 6.45) is 6.73. The fraction of sp³-hybridized carbons (Fsp3) is 0.556. The number of aryl methyl sites for hydroxylation is 2. The minimum absolute atomic E-state index is 0.0975. The second kappa shape index (κ2) is 7.85. The van der Waals surface area contributed by atoms with Crippen molar-refractivity contribution in [3.8, 4) is 0 Å². The monoisotopic (exact) mass is 378 g/mol. The van der Waals surface area contributed by atoms with Crippen molar-refractivity contribution < 1.29 is 13.2 Å². The van der Waals surface area contributed by atoms with Gasteiger partial charge in [0.15, 0.2) is 5.03 Å². The van der Waals surface area contributed by atoms with Crippen LogP contribution in [0.4, 0.5) is 0 Å². The van der Waals surface area contributed by atoms with Crippen molar-refractivity contribution in [3.63, 3.8) is 0 Å². The Morgan fingerprint density at radius 2 is 2.12 bits per heavy atom. The summed E-state index contributed by atoms with van der Waals surface area (Å²) in [5.41, 5.74) is 0.871. The van der Waals surface area contributed by atoms with Gasteiger partial charge in [-0.2, -0.15) is 4.31 Å². The minimum atomic E-state index is -3.72. The van der Waals surface area contributed by atoms with Crippen molar-refractivity contribution in [2.45, 2.75) is 37.8 Å². The fourth-order valence-electron chi connectivity index (χ4n) is 3.21. The Labute approximate surface area is 155 Å². The maximum atomic E-state index is 13.4. The highest BCUT2D eigenvalue weighted by atomic mass is 32.2. The van der Waals surface area contributed by atoms with Gasteiger partial charge < -0.3 is 9.30 Å². The van der Waals surface area contributed by atoms with Crippen LogP contribution in [-0.2, 0) is 21.8 Å². The Balaban J connectivity index is 1.95. The average molecular weight is 378 g/mol. The highest BCUT2D eigenvalue weighted by Crippen LogP contribution is 2.30. The summed E-state index contributed by atoms with van der Waals surface area (Å²) in [7, 11) is -1.92. The molecule has 0 saturated carbocycles. The van der Waals surface area contributed by atoms with Gasteiger partial charge in [-0.3, -0.25) is 4.98 Å². The quantitative estimate of drug-likeness (QED) is 0.771. The molecule has 0 N–H and O–H groups in total. The first kappa shape index (κ1) is 19.0. The van der Waals surface area contributed by atoms with E-state index < -0.39 is 10.0 Å². The van der Waals surface area contributed by atoms with Gasteiger partial charge >= 0.3 is 0 Å². The van der Waals surface area contributed by atoms with Crippen LogP contribution in [0.2, 0.25) is 0 Å². The van der Waals surface area contributed by atoms with E-state index in [0.29, 0.717) is 25.6 Å². The Morgan fingerprint density at radius 3 is 2.69 bits per heavy atom. The summed E-state index contributed by atoms with van der Waals surface area (Å²) in [5, 5.41) is 0.0975. The van der Waals surface area contributed by atoms with Gasteiger partial charge in [-0.1, -0.05) is 6.07 Å². The second-order valence-corrected chi connectivity index (χ2v) is 8.67. The van der Waals surface area contributed by atoms with Gasteiger partial charge in [0.05, 0.1) is 0 Å². The SMILES string of the molecule is Cc1nc(S(=O)(=O)N(CC2CCOCC2)C(C)c2cccnc2)cn1C. The third-order valence-corrected chi connectivity index (χ3v) is 6.85. The van der Waals surface area contributed by atoms with Crippen LogP contribution in [-0.4, -0.2) is 47.0 Å². The molecule has 1 saturated heterocycles. The third kappa shape index (κ3) is 3.97. The molecule has 8 heteroatoms. The summed E-state index contributed by atoms with van der Waals surface area (Å²) in [5.74, 6) is 0.950. The van der Waals surface area contributed by atoms with Crippen LogP contribution >= 0.6 is 0 Å². The second-order valence-electron chi connectivity index (χ2n) is 6.83. The highest BCUT2D eigenvalue weighted by molar-refractivity contribution is 7.89. The lowest BCUT2D eigenvalue weighted by atomic mass is 9.99. The number of pyridine rings is 1. The van der Waals surface area contributed by atoms with E-state index in [9.17, 15) is 8.42 Å². The molecule has 0 radical (unpaired) electrons. The van der Waals surface area contributed by atoms with Gasteiger partial charge in [0.2, 0.25) is 0 Å². The van der Waals surface area contributed by atoms with E-state index in [1.54, 1.807) is 41.4 Å². The number of rotatable bonds is 6. The standard InChI is InChI=1S/C18H26N4O3S/c1-14(17-5-4-8-19-11-17)22(12-16-6-9-25-10-7-16)26(23,24)18-13-21(3)15(2)20-18/h4-5,8,11,13-14,16H,6-7,9-10,12H2,1-3H3. The van der Waals surface area contributed by atoms with Crippen LogP contribution in [0.1, 0.15) is 37.2 Å². The third-order valence-electron chi connectivity index (χ3n) is 5.04. The van der Waals surface area contributed by atoms with Crippen LogP contribution in [0.3, 0.4) is 0 Å². The molecular weight excluding hydrogens is 352 g/mol. The number of imidazole rings is 1. The topological polar surface area (TPSA) is 77.3 Å². The van der Waals surface area contributed by atoms with E-state index in [1.165, 1.54) is 0 Å². The predicted molar refractivity (Wildman–Crippen MR) is 98.0 cm³/mol. The maximum Gasteiger partial charge on any atom is 0.262 e. The summed E-state index contributed by atoms with van der Waals surface area (Å²) < 4.78 is 35.5. The first-order chi connectivity index (χ1) is 12.4. The zero-order chi connectivity index (χ0) is 18.7. The number of hydrogen-bond acceptors (Lipinski definition) is 5. The number of sulfonamides is 1. The van der Waals surface area contributed by atoms with Crippen molar-refractivity contribution in [2.24, 2.45) is 13.0 Å². The lowest BCUT2D eigenvalue weighted by molar-refractivity contribution is 0.0581. The van der Waals surface area contributed by atoms with Gasteiger partial charge in [0.25, 0.3) is 10.0 Å². The molecule has 3 heterocycles. The minimum Gasteiger partial charge on any atom is -0.381 e. The molecule has 1 aliphatic heterocycles. The Kier molecular flexibility index (Phi) is 5.74. The van der Waals surface area contributed by atoms with Crippen molar-refractivity contribution in [1.82, 2.24) is 18.8 Å². The summed E-state index contributed by atoms with van der Waals surface area (Å²) in [6.45, 7) is 5.53. The normalized spacial score (nSPS) is 17.5. The van der Waals surface area contributed by atoms with Crippen LogP contribution in [0.15, 0.2) is 35.7 Å². The van der Waals surface area contributed by atoms with Crippen molar-refractivity contribution in [2.75, 3.05) is 19.8 Å². The van der Waals surface area contributed by atoms with E-state index in [-0.39, 0.29) is 17.0 Å². The molecule has 0 aromatic carbocycles. The Hall–Kier alpha value is -1.77. The zero-order valence-electron chi connectivity index (χ0n) is 15.5. The first-order valence-corrected chi connectivity index (χ1v) is 10.3. The molecule has 3 rings (SSSR count). The molecule has 0 bridgehead atoms. The smallest absolute Gasteiger partial charge is 0.262 e. The van der Waals surface area contributed by atoms with E-state index in [1.807, 2.05) is 19.1 Å². The van der Waals surface area contributed by atoms with Gasteiger partial charge in [0.1, 0.15) is 5.82 Å². The van der Waals surface area contributed by atoms with Crippen molar-refractivity contribution in [3.05, 3.63) is 42.1 Å². The molecule has 142 valence electrons. The van der Waals surface area contributed by atoms with E-state index in [0.717, 1.165) is 18.4 Å². The van der Waals surface area contributed by atoms with Crippen molar-refractivity contribution in [1.29, 1.82) is 0 Å². The summed E-state index contributed by atoms with van der Waals surface area (Å²) in [4.78, 5) is 8.41. The molecule has 26 heavy (non-hydrogen) atoms. The van der Waals surface area contributed by atoms with Crippen molar-refractivity contribution >= 4 is 10.0 Å². The predicted octanol–water partition coefficient (Wildman–Crippen LogP) is 2.30. The Bertz CT molecular complexity index is 810. The van der Waals surface area contributed by atoms with E-state index >= 15 is 0 Å². The zero-order valence-corrected chi connectivity index (χ0v) is 16.3. The summed E-state index contributed by atoms with van der Waals surface area (Å²) in [6, 6.07) is 3.42. The molecular formula is C18H26N4O3S. The molecule has 2 aromatic heterocycles. The molecule has 1 aliphatic rings. The fourth-order valence-corrected chi connectivity index (χ4v) is 4.93. The van der Waals surface area contributed by atoms with Crippen LogP contribution in [0, 0.1) is 12.8 Å². The van der Waals surface area contributed by atoms with E-state index in [2.05, 4.69) is 9.97 Å². The lowest BCUT2D eigenvalue weighted by Crippen LogP contribution is -2.39. The molecule has 2 aromatic rings. The summed E-state index contributed by atoms with van der Waals surface area (Å²) >= 11 is 0. The molecule has 0 spiro atoms. The molecule has 1 atom stereocenters. The average Bonchev–Trinajstić information content (AvgIpc) is 3.00. The number of hydrogen-bond donors (Lipinski definition) is 0.